The fourth-order valence-corrected chi connectivity index (χ4v) is 2.14. The van der Waals surface area contributed by atoms with Crippen molar-refractivity contribution in [2.24, 2.45) is 0 Å². The first-order chi connectivity index (χ1) is 8.61. The monoisotopic (exact) mass is 243 g/mol. The highest BCUT2D eigenvalue weighted by Gasteiger charge is 2.11. The third-order valence-corrected chi connectivity index (χ3v) is 3.19. The van der Waals surface area contributed by atoms with Gasteiger partial charge in [0, 0.05) is 24.2 Å². The first kappa shape index (κ1) is 12.8. The zero-order valence-corrected chi connectivity index (χ0v) is 11.6. The van der Waals surface area contributed by atoms with Crippen LogP contribution in [0, 0.1) is 20.8 Å². The maximum Gasteiger partial charge on any atom is 0.108 e. The van der Waals surface area contributed by atoms with Gasteiger partial charge in [-0.25, -0.2) is 4.98 Å². The lowest BCUT2D eigenvalue weighted by Gasteiger charge is -2.05. The zero-order valence-electron chi connectivity index (χ0n) is 11.6. The van der Waals surface area contributed by atoms with E-state index in [1.54, 1.807) is 0 Å². The molecule has 0 aliphatic heterocycles. The fourth-order valence-electron chi connectivity index (χ4n) is 2.14. The van der Waals surface area contributed by atoms with E-state index in [0.29, 0.717) is 0 Å². The molecule has 18 heavy (non-hydrogen) atoms. The number of aryl methyl sites for hydroxylation is 3. The molecule has 3 nitrogen and oxygen atoms in total. The number of imidazole rings is 1. The molecule has 0 saturated carbocycles. The average Bonchev–Trinajstić information content (AvgIpc) is 2.71. The Hall–Kier alpha value is -1.61. The third-order valence-electron chi connectivity index (χ3n) is 3.19. The molecular formula is C15H21N3. The summed E-state index contributed by atoms with van der Waals surface area (Å²) in [5.74, 6) is 1.05. The van der Waals surface area contributed by atoms with Gasteiger partial charge in [0.2, 0.25) is 0 Å². The molecule has 3 heteroatoms. The highest BCUT2D eigenvalue weighted by molar-refractivity contribution is 5.66. The van der Waals surface area contributed by atoms with Crippen LogP contribution in [0.5, 0.6) is 0 Å². The number of hydrogen-bond acceptors (Lipinski definition) is 2. The summed E-state index contributed by atoms with van der Waals surface area (Å²) in [4.78, 5) is 8.10. The largest absolute Gasteiger partial charge is 0.346 e. The van der Waals surface area contributed by atoms with E-state index in [1.165, 1.54) is 16.7 Å². The molecule has 1 heterocycles. The lowest BCUT2D eigenvalue weighted by atomic mass is 10.0. The van der Waals surface area contributed by atoms with E-state index in [0.717, 1.165) is 30.2 Å². The van der Waals surface area contributed by atoms with E-state index in [-0.39, 0.29) is 0 Å². The van der Waals surface area contributed by atoms with Gasteiger partial charge in [-0.2, -0.15) is 0 Å². The number of hydrogen-bond donors (Lipinski definition) is 2. The van der Waals surface area contributed by atoms with Gasteiger partial charge in [0.25, 0.3) is 0 Å². The summed E-state index contributed by atoms with van der Waals surface area (Å²) < 4.78 is 0. The minimum atomic E-state index is 0.933. The zero-order chi connectivity index (χ0) is 13.1. The summed E-state index contributed by atoms with van der Waals surface area (Å²) in [5, 5.41) is 3.15. The van der Waals surface area contributed by atoms with Crippen LogP contribution in [-0.4, -0.2) is 23.6 Å². The molecule has 1 aromatic heterocycles. The molecule has 0 aliphatic carbocycles. The number of nitrogens with one attached hydrogen (secondary N) is 2. The van der Waals surface area contributed by atoms with Crippen LogP contribution in [-0.2, 0) is 6.42 Å². The summed E-state index contributed by atoms with van der Waals surface area (Å²) in [5.41, 5.74) is 6.02. The van der Waals surface area contributed by atoms with Gasteiger partial charge in [0.05, 0.1) is 5.69 Å². The molecule has 0 amide bonds. The molecule has 0 radical (unpaired) electrons. The maximum absolute atomic E-state index is 4.72. The molecule has 2 N–H and O–H groups in total. The second-order valence-electron chi connectivity index (χ2n) is 4.83. The molecule has 0 spiro atoms. The Bertz CT molecular complexity index is 541. The minimum Gasteiger partial charge on any atom is -0.346 e. The Morgan fingerprint density at radius 2 is 2.00 bits per heavy atom. The number of rotatable bonds is 4. The predicted molar refractivity (Wildman–Crippen MR) is 75.9 cm³/mol. The molecule has 2 aromatic rings. The van der Waals surface area contributed by atoms with Crippen molar-refractivity contribution in [1.82, 2.24) is 15.3 Å². The van der Waals surface area contributed by atoms with Crippen molar-refractivity contribution in [2.75, 3.05) is 13.6 Å². The molecule has 96 valence electrons. The Labute approximate surface area is 109 Å². The normalized spacial score (nSPS) is 10.9. The van der Waals surface area contributed by atoms with E-state index in [1.807, 2.05) is 7.05 Å². The van der Waals surface area contributed by atoms with Crippen molar-refractivity contribution in [3.8, 4) is 11.3 Å². The number of nitrogens with zero attached hydrogens (tertiary/aromatic N) is 1. The van der Waals surface area contributed by atoms with Crippen molar-refractivity contribution < 1.29 is 0 Å². The van der Waals surface area contributed by atoms with Crippen molar-refractivity contribution in [3.05, 3.63) is 40.8 Å². The van der Waals surface area contributed by atoms with Gasteiger partial charge < -0.3 is 10.3 Å². The SMILES string of the molecule is CNCCc1nc(-c2cc(C)ccc2C)c(C)[nH]1. The van der Waals surface area contributed by atoms with Gasteiger partial charge in [-0.1, -0.05) is 17.7 Å². The second kappa shape index (κ2) is 5.36. The van der Waals surface area contributed by atoms with Crippen LogP contribution >= 0.6 is 0 Å². The van der Waals surface area contributed by atoms with Crippen LogP contribution in [0.4, 0.5) is 0 Å². The Morgan fingerprint density at radius 1 is 1.22 bits per heavy atom. The summed E-state index contributed by atoms with van der Waals surface area (Å²) in [6.45, 7) is 7.29. The number of aromatic nitrogens is 2. The van der Waals surface area contributed by atoms with E-state index < -0.39 is 0 Å². The summed E-state index contributed by atoms with van der Waals surface area (Å²) in [7, 11) is 1.96. The molecule has 0 fully saturated rings. The van der Waals surface area contributed by atoms with Gasteiger partial charge in [-0.15, -0.1) is 0 Å². The molecule has 0 saturated heterocycles. The number of benzene rings is 1. The second-order valence-corrected chi connectivity index (χ2v) is 4.83. The van der Waals surface area contributed by atoms with Crippen LogP contribution < -0.4 is 5.32 Å². The topological polar surface area (TPSA) is 40.7 Å². The van der Waals surface area contributed by atoms with Crippen molar-refractivity contribution in [1.29, 1.82) is 0 Å². The lowest BCUT2D eigenvalue weighted by molar-refractivity contribution is 0.763. The Morgan fingerprint density at radius 3 is 2.72 bits per heavy atom. The van der Waals surface area contributed by atoms with Gasteiger partial charge in [0.15, 0.2) is 0 Å². The highest BCUT2D eigenvalue weighted by atomic mass is 14.9. The summed E-state index contributed by atoms with van der Waals surface area (Å²) >= 11 is 0. The summed E-state index contributed by atoms with van der Waals surface area (Å²) in [6.07, 6.45) is 0.933. The minimum absolute atomic E-state index is 0.933. The number of H-pyrrole nitrogens is 1. The van der Waals surface area contributed by atoms with E-state index in [9.17, 15) is 0 Å². The summed E-state index contributed by atoms with van der Waals surface area (Å²) in [6, 6.07) is 6.51. The van der Waals surface area contributed by atoms with Gasteiger partial charge in [-0.3, -0.25) is 0 Å². The molecule has 0 bridgehead atoms. The van der Waals surface area contributed by atoms with Crippen LogP contribution in [0.2, 0.25) is 0 Å². The highest BCUT2D eigenvalue weighted by Crippen LogP contribution is 2.25. The van der Waals surface area contributed by atoms with E-state index in [4.69, 9.17) is 4.98 Å². The van der Waals surface area contributed by atoms with Gasteiger partial charge >= 0.3 is 0 Å². The molecule has 0 atom stereocenters. The van der Waals surface area contributed by atoms with Crippen LogP contribution in [0.1, 0.15) is 22.6 Å². The smallest absolute Gasteiger partial charge is 0.108 e. The number of aromatic amines is 1. The van der Waals surface area contributed by atoms with Crippen LogP contribution in [0.3, 0.4) is 0 Å². The Kier molecular flexibility index (Phi) is 3.82. The standard InChI is InChI=1S/C15H21N3/c1-10-5-6-11(2)13(9-10)15-12(3)17-14(18-15)7-8-16-4/h5-6,9,16H,7-8H2,1-4H3,(H,17,18). The lowest BCUT2D eigenvalue weighted by Crippen LogP contribution is -2.11. The van der Waals surface area contributed by atoms with E-state index >= 15 is 0 Å². The molecule has 0 unspecified atom stereocenters. The fraction of sp³-hybridized carbons (Fsp3) is 0.400. The quantitative estimate of drug-likeness (QED) is 0.867. The van der Waals surface area contributed by atoms with Gasteiger partial charge in [0.1, 0.15) is 5.82 Å². The molecule has 0 aliphatic rings. The van der Waals surface area contributed by atoms with Crippen molar-refractivity contribution in [2.45, 2.75) is 27.2 Å². The number of likely N-dealkylation sites (N-methyl/N-ethyl adjacent to an activating group) is 1. The predicted octanol–water partition coefficient (Wildman–Crippen LogP) is 2.76. The van der Waals surface area contributed by atoms with E-state index in [2.05, 4.69) is 49.3 Å². The first-order valence-electron chi connectivity index (χ1n) is 6.39. The average molecular weight is 243 g/mol. The first-order valence-corrected chi connectivity index (χ1v) is 6.39. The molecular weight excluding hydrogens is 222 g/mol. The van der Waals surface area contributed by atoms with Crippen molar-refractivity contribution >= 4 is 0 Å². The van der Waals surface area contributed by atoms with Gasteiger partial charge in [-0.05, 0) is 39.4 Å². The van der Waals surface area contributed by atoms with Crippen molar-refractivity contribution in [3.63, 3.8) is 0 Å². The maximum atomic E-state index is 4.72. The molecule has 2 rings (SSSR count). The van der Waals surface area contributed by atoms with Crippen LogP contribution in [0.15, 0.2) is 18.2 Å². The van der Waals surface area contributed by atoms with Crippen LogP contribution in [0.25, 0.3) is 11.3 Å². The third kappa shape index (κ3) is 2.62. The molecule has 1 aromatic carbocycles. The Balaban J connectivity index is 2.38.